The lowest BCUT2D eigenvalue weighted by atomic mass is 10.3. The molecule has 0 N–H and O–H groups in total. The van der Waals surface area contributed by atoms with Crippen molar-refractivity contribution in [3.63, 3.8) is 0 Å². The van der Waals surface area contributed by atoms with Gasteiger partial charge in [-0.05, 0) is 12.1 Å². The molecule has 1 amide bonds. The molecule has 0 aliphatic carbocycles. The van der Waals surface area contributed by atoms with E-state index in [0.717, 1.165) is 12.1 Å². The molecule has 1 aromatic rings. The first-order chi connectivity index (χ1) is 7.79. The molecule has 0 atom stereocenters. The maximum absolute atomic E-state index is 12.0. The van der Waals surface area contributed by atoms with Crippen molar-refractivity contribution in [1.82, 2.24) is 0 Å². The molecule has 1 aromatic carbocycles. The summed E-state index contributed by atoms with van der Waals surface area (Å²) < 4.78 is 5.24. The highest BCUT2D eigenvalue weighted by molar-refractivity contribution is 6.40. The predicted octanol–water partition coefficient (Wildman–Crippen LogP) is 1.47. The maximum atomic E-state index is 12.0. The van der Waals surface area contributed by atoms with E-state index in [2.05, 4.69) is 4.99 Å². The fraction of sp³-hybridized carbons (Fsp3) is 0.333. The highest BCUT2D eigenvalue weighted by Gasteiger charge is 2.20. The second-order valence-electron chi connectivity index (χ2n) is 3.59. The van der Waals surface area contributed by atoms with Gasteiger partial charge in [0.15, 0.2) is 0 Å². The highest BCUT2D eigenvalue weighted by Crippen LogP contribution is 2.12. The van der Waals surface area contributed by atoms with Gasteiger partial charge in [0, 0.05) is 25.7 Å². The van der Waals surface area contributed by atoms with Crippen LogP contribution >= 0.6 is 0 Å². The molecule has 0 saturated carbocycles. The van der Waals surface area contributed by atoms with Gasteiger partial charge in [0.1, 0.15) is 0 Å². The number of amides is 1. The molecule has 0 aromatic heterocycles. The van der Waals surface area contributed by atoms with Crippen molar-refractivity contribution in [2.75, 3.05) is 25.1 Å². The molecule has 0 saturated heterocycles. The molecule has 1 heterocycles. The number of likely N-dealkylation sites (N-methyl/N-ethyl adjacent to an activating group) is 1. The van der Waals surface area contributed by atoms with Crippen molar-refractivity contribution in [2.24, 2.45) is 4.99 Å². The summed E-state index contributed by atoms with van der Waals surface area (Å²) in [6.07, 6.45) is 0.881. The number of hydrogen-bond acceptors (Lipinski definition) is 3. The van der Waals surface area contributed by atoms with Crippen LogP contribution in [0.25, 0.3) is 0 Å². The molecule has 16 heavy (non-hydrogen) atoms. The minimum absolute atomic E-state index is 0.189. The molecule has 1 aliphatic heterocycles. The molecular formula is C12H14N2O2. The normalized spacial score (nSPS) is 14.9. The van der Waals surface area contributed by atoms with Crippen LogP contribution in [0.5, 0.6) is 0 Å². The van der Waals surface area contributed by atoms with E-state index < -0.39 is 0 Å². The summed E-state index contributed by atoms with van der Waals surface area (Å²) in [4.78, 5) is 17.6. The fourth-order valence-corrected chi connectivity index (χ4v) is 1.50. The molecule has 4 nitrogen and oxygen atoms in total. The molecule has 4 heteroatoms. The van der Waals surface area contributed by atoms with Gasteiger partial charge < -0.3 is 9.64 Å². The van der Waals surface area contributed by atoms with Crippen molar-refractivity contribution < 1.29 is 9.53 Å². The smallest absolute Gasteiger partial charge is 0.313 e. The van der Waals surface area contributed by atoms with Crippen LogP contribution < -0.4 is 4.90 Å². The zero-order valence-electron chi connectivity index (χ0n) is 9.22. The first-order valence-electron chi connectivity index (χ1n) is 5.29. The van der Waals surface area contributed by atoms with E-state index in [4.69, 9.17) is 4.74 Å². The molecule has 0 fully saturated rings. The Bertz CT molecular complexity index is 401. The number of nitrogens with zero attached hydrogens (tertiary/aromatic N) is 2. The molecule has 2 rings (SSSR count). The van der Waals surface area contributed by atoms with Gasteiger partial charge in [-0.3, -0.25) is 4.79 Å². The third-order valence-corrected chi connectivity index (χ3v) is 2.43. The SMILES string of the molecule is CN(C(=O)C1=NCCCO1)c1ccccc1. The van der Waals surface area contributed by atoms with Crippen molar-refractivity contribution in [2.45, 2.75) is 6.42 Å². The number of carbonyl (C=O) groups is 1. The van der Waals surface area contributed by atoms with Crippen LogP contribution in [0.4, 0.5) is 5.69 Å². The monoisotopic (exact) mass is 218 g/mol. The quantitative estimate of drug-likeness (QED) is 0.754. The van der Waals surface area contributed by atoms with Gasteiger partial charge in [0.05, 0.1) is 6.61 Å². The number of anilines is 1. The third-order valence-electron chi connectivity index (χ3n) is 2.43. The molecule has 1 aliphatic rings. The number of benzene rings is 1. The predicted molar refractivity (Wildman–Crippen MR) is 62.7 cm³/mol. The number of hydrogen-bond donors (Lipinski definition) is 0. The number of para-hydroxylation sites is 1. The molecule has 84 valence electrons. The summed E-state index contributed by atoms with van der Waals surface area (Å²) in [6.45, 7) is 1.25. The van der Waals surface area contributed by atoms with Gasteiger partial charge in [0.2, 0.25) is 0 Å². The average molecular weight is 218 g/mol. The highest BCUT2D eigenvalue weighted by atomic mass is 16.5. The van der Waals surface area contributed by atoms with E-state index in [1.165, 1.54) is 0 Å². The van der Waals surface area contributed by atoms with E-state index in [1.807, 2.05) is 30.3 Å². The number of rotatable bonds is 2. The summed E-state index contributed by atoms with van der Waals surface area (Å²) in [5.41, 5.74) is 0.837. The lowest BCUT2D eigenvalue weighted by molar-refractivity contribution is -0.113. The molecule has 0 unspecified atom stereocenters. The van der Waals surface area contributed by atoms with Gasteiger partial charge in [-0.15, -0.1) is 0 Å². The Morgan fingerprint density at radius 2 is 2.12 bits per heavy atom. The summed E-state index contributed by atoms with van der Waals surface area (Å²) >= 11 is 0. The average Bonchev–Trinajstić information content (AvgIpc) is 2.39. The van der Waals surface area contributed by atoms with Crippen molar-refractivity contribution >= 4 is 17.5 Å². The second-order valence-corrected chi connectivity index (χ2v) is 3.59. The van der Waals surface area contributed by atoms with E-state index in [1.54, 1.807) is 11.9 Å². The van der Waals surface area contributed by atoms with Crippen LogP contribution in [-0.2, 0) is 9.53 Å². The van der Waals surface area contributed by atoms with Gasteiger partial charge in [-0.25, -0.2) is 4.99 Å². The minimum atomic E-state index is -0.189. The lowest BCUT2D eigenvalue weighted by Crippen LogP contribution is -2.36. The van der Waals surface area contributed by atoms with Crippen LogP contribution in [0, 0.1) is 0 Å². The Morgan fingerprint density at radius 1 is 1.38 bits per heavy atom. The Kier molecular flexibility index (Phi) is 3.19. The van der Waals surface area contributed by atoms with Gasteiger partial charge in [-0.2, -0.15) is 0 Å². The second kappa shape index (κ2) is 4.79. The van der Waals surface area contributed by atoms with Gasteiger partial charge in [0.25, 0.3) is 5.90 Å². The zero-order valence-corrected chi connectivity index (χ0v) is 9.22. The largest absolute Gasteiger partial charge is 0.474 e. The Morgan fingerprint density at radius 3 is 2.75 bits per heavy atom. The van der Waals surface area contributed by atoms with Crippen LogP contribution in [0.2, 0.25) is 0 Å². The van der Waals surface area contributed by atoms with Gasteiger partial charge in [-0.1, -0.05) is 18.2 Å². The van der Waals surface area contributed by atoms with E-state index in [9.17, 15) is 4.79 Å². The number of aliphatic imine (C=N–C) groups is 1. The maximum Gasteiger partial charge on any atom is 0.313 e. The Balaban J connectivity index is 2.13. The van der Waals surface area contributed by atoms with E-state index >= 15 is 0 Å². The van der Waals surface area contributed by atoms with Crippen LogP contribution in [0.15, 0.2) is 35.3 Å². The fourth-order valence-electron chi connectivity index (χ4n) is 1.50. The zero-order chi connectivity index (χ0) is 11.4. The topological polar surface area (TPSA) is 41.9 Å². The molecular weight excluding hydrogens is 204 g/mol. The first kappa shape index (κ1) is 10.7. The molecule has 0 spiro atoms. The third kappa shape index (κ3) is 2.21. The van der Waals surface area contributed by atoms with Crippen LogP contribution in [0.1, 0.15) is 6.42 Å². The van der Waals surface area contributed by atoms with Crippen molar-refractivity contribution in [1.29, 1.82) is 0 Å². The standard InChI is InChI=1S/C12H14N2O2/c1-14(10-6-3-2-4-7-10)12(15)11-13-8-5-9-16-11/h2-4,6-7H,5,8-9H2,1H3. The van der Waals surface area contributed by atoms with E-state index in [0.29, 0.717) is 13.2 Å². The lowest BCUT2D eigenvalue weighted by Gasteiger charge is -2.20. The number of ether oxygens (including phenoxy) is 1. The summed E-state index contributed by atoms with van der Waals surface area (Å²) in [5.74, 6) is 0.0310. The van der Waals surface area contributed by atoms with Gasteiger partial charge >= 0.3 is 5.91 Å². The summed E-state index contributed by atoms with van der Waals surface area (Å²) in [5, 5.41) is 0. The van der Waals surface area contributed by atoms with Crippen LogP contribution in [0.3, 0.4) is 0 Å². The van der Waals surface area contributed by atoms with Crippen molar-refractivity contribution in [3.05, 3.63) is 30.3 Å². The summed E-state index contributed by atoms with van der Waals surface area (Å²) in [6, 6.07) is 9.45. The van der Waals surface area contributed by atoms with Crippen LogP contribution in [-0.4, -0.2) is 32.0 Å². The molecule has 0 radical (unpaired) electrons. The first-order valence-corrected chi connectivity index (χ1v) is 5.29. The Labute approximate surface area is 94.5 Å². The van der Waals surface area contributed by atoms with E-state index in [-0.39, 0.29) is 11.8 Å². The minimum Gasteiger partial charge on any atom is -0.474 e. The molecule has 0 bridgehead atoms. The number of carbonyl (C=O) groups excluding carboxylic acids is 1. The Hall–Kier alpha value is -1.84. The van der Waals surface area contributed by atoms with Crippen molar-refractivity contribution in [3.8, 4) is 0 Å². The summed E-state index contributed by atoms with van der Waals surface area (Å²) in [7, 11) is 1.72.